The SMILES string of the molecule is CC(C)(C)C(CN)N1CCCN(CCO)CC1. The number of aliphatic hydroxyl groups is 1. The van der Waals surface area contributed by atoms with Crippen molar-refractivity contribution in [1.82, 2.24) is 9.80 Å². The number of β-amino-alcohol motifs (C(OH)–C–C–N with tert-alkyl or cyclic N) is 1. The summed E-state index contributed by atoms with van der Waals surface area (Å²) in [5.74, 6) is 0. The summed E-state index contributed by atoms with van der Waals surface area (Å²) in [5.41, 5.74) is 6.18. The maximum absolute atomic E-state index is 8.99. The van der Waals surface area contributed by atoms with Crippen molar-refractivity contribution in [3.05, 3.63) is 0 Å². The molecular weight excluding hydrogens is 214 g/mol. The summed E-state index contributed by atoms with van der Waals surface area (Å²) in [6.07, 6.45) is 1.17. The van der Waals surface area contributed by atoms with Crippen molar-refractivity contribution < 1.29 is 5.11 Å². The quantitative estimate of drug-likeness (QED) is 0.748. The van der Waals surface area contributed by atoms with Gasteiger partial charge in [0.05, 0.1) is 6.61 Å². The maximum atomic E-state index is 8.99. The molecule has 1 atom stereocenters. The summed E-state index contributed by atoms with van der Waals surface area (Å²) < 4.78 is 0. The molecule has 3 N–H and O–H groups in total. The Morgan fingerprint density at radius 2 is 1.88 bits per heavy atom. The van der Waals surface area contributed by atoms with Gasteiger partial charge in [-0.3, -0.25) is 9.80 Å². The number of hydrogen-bond donors (Lipinski definition) is 2. The van der Waals surface area contributed by atoms with Gasteiger partial charge in [0.2, 0.25) is 0 Å². The number of nitrogens with zero attached hydrogens (tertiary/aromatic N) is 2. The highest BCUT2D eigenvalue weighted by Crippen LogP contribution is 2.24. The summed E-state index contributed by atoms with van der Waals surface area (Å²) in [5, 5.41) is 8.99. The Morgan fingerprint density at radius 3 is 2.41 bits per heavy atom. The van der Waals surface area contributed by atoms with Crippen LogP contribution >= 0.6 is 0 Å². The van der Waals surface area contributed by atoms with Gasteiger partial charge >= 0.3 is 0 Å². The smallest absolute Gasteiger partial charge is 0.0558 e. The first kappa shape index (κ1) is 14.9. The first-order chi connectivity index (χ1) is 7.99. The lowest BCUT2D eigenvalue weighted by Crippen LogP contribution is -2.50. The van der Waals surface area contributed by atoms with Crippen molar-refractivity contribution in [2.24, 2.45) is 11.1 Å². The Balaban J connectivity index is 2.55. The van der Waals surface area contributed by atoms with Crippen molar-refractivity contribution >= 4 is 0 Å². The van der Waals surface area contributed by atoms with Crippen LogP contribution in [-0.2, 0) is 0 Å². The molecule has 1 fully saturated rings. The monoisotopic (exact) mass is 243 g/mol. The van der Waals surface area contributed by atoms with Gasteiger partial charge in [-0.15, -0.1) is 0 Å². The predicted molar refractivity (Wildman–Crippen MR) is 72.0 cm³/mol. The van der Waals surface area contributed by atoms with E-state index in [0.717, 1.165) is 39.3 Å². The van der Waals surface area contributed by atoms with E-state index in [2.05, 4.69) is 30.6 Å². The van der Waals surface area contributed by atoms with E-state index in [1.807, 2.05) is 0 Å². The van der Waals surface area contributed by atoms with E-state index in [0.29, 0.717) is 6.04 Å². The lowest BCUT2D eigenvalue weighted by Gasteiger charge is -2.39. The molecule has 0 amide bonds. The van der Waals surface area contributed by atoms with E-state index in [-0.39, 0.29) is 12.0 Å². The van der Waals surface area contributed by atoms with Gasteiger partial charge in [-0.2, -0.15) is 0 Å². The normalized spacial score (nSPS) is 22.4. The molecular formula is C13H29N3O. The van der Waals surface area contributed by atoms with Crippen LogP contribution < -0.4 is 5.73 Å². The molecule has 1 heterocycles. The number of hydrogen-bond acceptors (Lipinski definition) is 4. The lowest BCUT2D eigenvalue weighted by atomic mass is 9.85. The average molecular weight is 243 g/mol. The Labute approximate surface area is 106 Å². The minimum atomic E-state index is 0.237. The van der Waals surface area contributed by atoms with Gasteiger partial charge in [0.25, 0.3) is 0 Å². The van der Waals surface area contributed by atoms with Crippen LogP contribution in [0.2, 0.25) is 0 Å². The predicted octanol–water partition coefficient (Wildman–Crippen LogP) is 0.360. The minimum Gasteiger partial charge on any atom is -0.395 e. The molecule has 1 aliphatic rings. The van der Waals surface area contributed by atoms with E-state index in [4.69, 9.17) is 10.8 Å². The summed E-state index contributed by atoms with van der Waals surface area (Å²) in [6, 6.07) is 0.455. The van der Waals surface area contributed by atoms with Crippen molar-refractivity contribution in [3.63, 3.8) is 0 Å². The summed E-state index contributed by atoms with van der Waals surface area (Å²) in [7, 11) is 0. The van der Waals surface area contributed by atoms with Gasteiger partial charge < -0.3 is 10.8 Å². The van der Waals surface area contributed by atoms with Crippen LogP contribution in [0.1, 0.15) is 27.2 Å². The molecule has 4 nitrogen and oxygen atoms in total. The van der Waals surface area contributed by atoms with Crippen molar-refractivity contribution in [2.45, 2.75) is 33.2 Å². The van der Waals surface area contributed by atoms with Crippen LogP contribution in [0, 0.1) is 5.41 Å². The molecule has 0 spiro atoms. The largest absolute Gasteiger partial charge is 0.395 e. The van der Waals surface area contributed by atoms with Crippen molar-refractivity contribution in [3.8, 4) is 0 Å². The minimum absolute atomic E-state index is 0.237. The number of nitrogens with two attached hydrogens (primary N) is 1. The van der Waals surface area contributed by atoms with Crippen molar-refractivity contribution in [2.75, 3.05) is 45.9 Å². The van der Waals surface area contributed by atoms with Gasteiger partial charge in [0.1, 0.15) is 0 Å². The Morgan fingerprint density at radius 1 is 1.18 bits per heavy atom. The van der Waals surface area contributed by atoms with Gasteiger partial charge in [0, 0.05) is 32.2 Å². The van der Waals surface area contributed by atoms with Gasteiger partial charge in [-0.1, -0.05) is 20.8 Å². The Bertz CT molecular complexity index is 215. The van der Waals surface area contributed by atoms with Gasteiger partial charge in [-0.05, 0) is 24.9 Å². The first-order valence-corrected chi connectivity index (χ1v) is 6.76. The molecule has 4 heteroatoms. The molecule has 1 rings (SSSR count). The third kappa shape index (κ3) is 4.54. The fraction of sp³-hybridized carbons (Fsp3) is 1.00. The molecule has 1 saturated heterocycles. The molecule has 0 aromatic rings. The van der Waals surface area contributed by atoms with E-state index in [1.54, 1.807) is 0 Å². The van der Waals surface area contributed by atoms with Crippen LogP contribution in [0.3, 0.4) is 0 Å². The number of aliphatic hydroxyl groups excluding tert-OH is 1. The van der Waals surface area contributed by atoms with Crippen LogP contribution in [0.15, 0.2) is 0 Å². The molecule has 0 aromatic heterocycles. The highest BCUT2D eigenvalue weighted by molar-refractivity contribution is 4.85. The second kappa shape index (κ2) is 6.69. The highest BCUT2D eigenvalue weighted by atomic mass is 16.3. The fourth-order valence-corrected chi connectivity index (χ4v) is 2.72. The second-order valence-electron chi connectivity index (χ2n) is 6.07. The molecule has 0 bridgehead atoms. The molecule has 0 radical (unpaired) electrons. The molecule has 1 aliphatic heterocycles. The Hall–Kier alpha value is -0.160. The zero-order valence-electron chi connectivity index (χ0n) is 11.7. The van der Waals surface area contributed by atoms with Gasteiger partial charge in [-0.25, -0.2) is 0 Å². The lowest BCUT2D eigenvalue weighted by molar-refractivity contribution is 0.106. The highest BCUT2D eigenvalue weighted by Gasteiger charge is 2.30. The molecule has 0 aliphatic carbocycles. The fourth-order valence-electron chi connectivity index (χ4n) is 2.72. The molecule has 1 unspecified atom stereocenters. The summed E-state index contributed by atoms with van der Waals surface area (Å²) >= 11 is 0. The van der Waals surface area contributed by atoms with Crippen LogP contribution in [0.25, 0.3) is 0 Å². The average Bonchev–Trinajstić information content (AvgIpc) is 2.44. The third-order valence-electron chi connectivity index (χ3n) is 3.70. The summed E-state index contributed by atoms with van der Waals surface area (Å²) in [4.78, 5) is 4.87. The number of rotatable bonds is 4. The molecule has 102 valence electrons. The van der Waals surface area contributed by atoms with Crippen LogP contribution in [-0.4, -0.2) is 66.8 Å². The molecule has 0 aromatic carbocycles. The van der Waals surface area contributed by atoms with E-state index >= 15 is 0 Å². The summed E-state index contributed by atoms with van der Waals surface area (Å²) in [6.45, 7) is 12.9. The van der Waals surface area contributed by atoms with E-state index < -0.39 is 0 Å². The third-order valence-corrected chi connectivity index (χ3v) is 3.70. The first-order valence-electron chi connectivity index (χ1n) is 6.76. The van der Waals surface area contributed by atoms with Crippen LogP contribution in [0.4, 0.5) is 0 Å². The van der Waals surface area contributed by atoms with Gasteiger partial charge in [0.15, 0.2) is 0 Å². The van der Waals surface area contributed by atoms with Crippen LogP contribution in [0.5, 0.6) is 0 Å². The standard InChI is InChI=1S/C13H29N3O/c1-13(2,3)12(11-14)16-6-4-5-15(7-8-16)9-10-17/h12,17H,4-11,14H2,1-3H3. The topological polar surface area (TPSA) is 52.7 Å². The second-order valence-corrected chi connectivity index (χ2v) is 6.07. The zero-order valence-corrected chi connectivity index (χ0v) is 11.7. The van der Waals surface area contributed by atoms with E-state index in [1.165, 1.54) is 6.42 Å². The van der Waals surface area contributed by atoms with Crippen molar-refractivity contribution in [1.29, 1.82) is 0 Å². The molecule has 17 heavy (non-hydrogen) atoms. The maximum Gasteiger partial charge on any atom is 0.0558 e. The van der Waals surface area contributed by atoms with E-state index in [9.17, 15) is 0 Å². The molecule has 0 saturated carbocycles. The Kier molecular flexibility index (Phi) is 5.86. The zero-order chi connectivity index (χ0) is 12.9.